The number of methoxy groups -OCH3 is 1. The van der Waals surface area contributed by atoms with Gasteiger partial charge in [0.05, 0.1) is 6.61 Å². The molecule has 0 radical (unpaired) electrons. The summed E-state index contributed by atoms with van der Waals surface area (Å²) < 4.78 is 11.0. The first-order chi connectivity index (χ1) is 6.69. The fourth-order valence-corrected chi connectivity index (χ4v) is 1.00. The number of rotatable bonds is 4. The Morgan fingerprint density at radius 3 is 2.86 bits per heavy atom. The largest absolute Gasteiger partial charge is 0.460 e. The molecule has 0 spiro atoms. The maximum atomic E-state index is 11.3. The molecule has 1 heterocycles. The van der Waals surface area contributed by atoms with Gasteiger partial charge in [-0.2, -0.15) is 5.10 Å². The van der Waals surface area contributed by atoms with Crippen molar-refractivity contribution >= 4 is 5.97 Å². The molecule has 78 valence electrons. The zero-order valence-corrected chi connectivity index (χ0v) is 8.48. The van der Waals surface area contributed by atoms with Crippen molar-refractivity contribution in [2.45, 2.75) is 13.5 Å². The summed E-state index contributed by atoms with van der Waals surface area (Å²) in [6.07, 6.45) is 0. The Morgan fingerprint density at radius 2 is 2.29 bits per heavy atom. The minimum absolute atomic E-state index is 0.193. The van der Waals surface area contributed by atoms with Crippen molar-refractivity contribution in [2.75, 3.05) is 13.7 Å². The number of nitrogens with zero attached hydrogens (tertiary/aromatic N) is 3. The van der Waals surface area contributed by atoms with Crippen LogP contribution in [0.5, 0.6) is 0 Å². The van der Waals surface area contributed by atoms with E-state index in [1.54, 1.807) is 21.1 Å². The first-order valence-electron chi connectivity index (χ1n) is 4.25. The molecule has 0 aliphatic rings. The van der Waals surface area contributed by atoms with E-state index >= 15 is 0 Å². The molecule has 0 unspecified atom stereocenters. The van der Waals surface area contributed by atoms with E-state index in [9.17, 15) is 4.79 Å². The Morgan fingerprint density at radius 1 is 1.57 bits per heavy atom. The first-order valence-corrected chi connectivity index (χ1v) is 4.25. The highest BCUT2D eigenvalue weighted by atomic mass is 16.5. The molecule has 0 aliphatic carbocycles. The third-order valence-corrected chi connectivity index (χ3v) is 1.54. The van der Waals surface area contributed by atoms with Crippen LogP contribution in [0.3, 0.4) is 0 Å². The van der Waals surface area contributed by atoms with Gasteiger partial charge in [0.25, 0.3) is 0 Å². The van der Waals surface area contributed by atoms with Crippen molar-refractivity contribution in [2.24, 2.45) is 7.05 Å². The van der Waals surface area contributed by atoms with Crippen LogP contribution in [0.25, 0.3) is 0 Å². The van der Waals surface area contributed by atoms with Gasteiger partial charge < -0.3 is 9.47 Å². The number of aryl methyl sites for hydroxylation is 1. The lowest BCUT2D eigenvalue weighted by molar-refractivity contribution is 0.0506. The van der Waals surface area contributed by atoms with Gasteiger partial charge >= 0.3 is 5.97 Å². The summed E-state index contributed by atoms with van der Waals surface area (Å²) in [5, 5.41) is 3.98. The number of esters is 1. The van der Waals surface area contributed by atoms with Crippen LogP contribution in [0.1, 0.15) is 23.4 Å². The lowest BCUT2D eigenvalue weighted by Crippen LogP contribution is -2.11. The van der Waals surface area contributed by atoms with E-state index in [0.717, 1.165) is 0 Å². The molecule has 0 N–H and O–H groups in total. The van der Waals surface area contributed by atoms with Crippen LogP contribution < -0.4 is 0 Å². The second kappa shape index (κ2) is 4.71. The summed E-state index contributed by atoms with van der Waals surface area (Å²) in [7, 11) is 3.18. The quantitative estimate of drug-likeness (QED) is 0.645. The fourth-order valence-electron chi connectivity index (χ4n) is 1.00. The van der Waals surface area contributed by atoms with Gasteiger partial charge in [-0.05, 0) is 6.92 Å². The highest BCUT2D eigenvalue weighted by Gasteiger charge is 2.15. The second-order valence-electron chi connectivity index (χ2n) is 2.63. The molecule has 0 saturated carbocycles. The van der Waals surface area contributed by atoms with E-state index in [4.69, 9.17) is 9.47 Å². The van der Waals surface area contributed by atoms with Crippen molar-refractivity contribution in [1.82, 2.24) is 14.8 Å². The fraction of sp³-hybridized carbons (Fsp3) is 0.625. The molecule has 0 aromatic carbocycles. The number of ether oxygens (including phenoxy) is 2. The molecule has 1 aromatic rings. The van der Waals surface area contributed by atoms with Crippen molar-refractivity contribution in [3.63, 3.8) is 0 Å². The van der Waals surface area contributed by atoms with E-state index in [-0.39, 0.29) is 12.4 Å². The number of aromatic nitrogens is 3. The molecular weight excluding hydrogens is 186 g/mol. The van der Waals surface area contributed by atoms with Gasteiger partial charge in [-0.3, -0.25) is 0 Å². The maximum Gasteiger partial charge on any atom is 0.376 e. The van der Waals surface area contributed by atoms with E-state index < -0.39 is 5.97 Å². The van der Waals surface area contributed by atoms with Crippen molar-refractivity contribution in [1.29, 1.82) is 0 Å². The lowest BCUT2D eigenvalue weighted by Gasteiger charge is -1.98. The summed E-state index contributed by atoms with van der Waals surface area (Å²) in [5.74, 6) is 0.196. The average molecular weight is 199 g/mol. The molecule has 6 nitrogen and oxygen atoms in total. The summed E-state index contributed by atoms with van der Waals surface area (Å²) in [5.41, 5.74) is 0. The molecule has 0 aliphatic heterocycles. The standard InChI is InChI=1S/C8H13N3O3/c1-4-14-8(12)7-9-6(5-13-3)10-11(7)2/h4-5H2,1-3H3. The third kappa shape index (κ3) is 2.29. The molecule has 14 heavy (non-hydrogen) atoms. The molecule has 0 atom stereocenters. The topological polar surface area (TPSA) is 66.2 Å². The van der Waals surface area contributed by atoms with E-state index in [1.807, 2.05) is 0 Å². The van der Waals surface area contributed by atoms with Crippen LogP contribution in [0.2, 0.25) is 0 Å². The lowest BCUT2D eigenvalue weighted by atomic mass is 10.6. The number of hydrogen-bond donors (Lipinski definition) is 0. The van der Waals surface area contributed by atoms with Gasteiger partial charge in [-0.1, -0.05) is 0 Å². The van der Waals surface area contributed by atoms with Crippen LogP contribution in [-0.2, 0) is 23.1 Å². The monoisotopic (exact) mass is 199 g/mol. The molecule has 0 fully saturated rings. The predicted octanol–water partition coefficient (Wildman–Crippen LogP) is 0.138. The van der Waals surface area contributed by atoms with Crippen LogP contribution in [-0.4, -0.2) is 34.5 Å². The van der Waals surface area contributed by atoms with Crippen LogP contribution in [0.15, 0.2) is 0 Å². The van der Waals surface area contributed by atoms with Gasteiger partial charge in [-0.15, -0.1) is 0 Å². The van der Waals surface area contributed by atoms with Gasteiger partial charge in [0, 0.05) is 14.2 Å². The van der Waals surface area contributed by atoms with Crippen molar-refractivity contribution in [3.05, 3.63) is 11.6 Å². The molecule has 0 bridgehead atoms. The van der Waals surface area contributed by atoms with Gasteiger partial charge in [-0.25, -0.2) is 14.5 Å². The third-order valence-electron chi connectivity index (χ3n) is 1.54. The minimum Gasteiger partial charge on any atom is -0.460 e. The normalized spacial score (nSPS) is 10.2. The molecule has 6 heteroatoms. The Labute approximate surface area is 81.8 Å². The molecular formula is C8H13N3O3. The van der Waals surface area contributed by atoms with Crippen molar-refractivity contribution in [3.8, 4) is 0 Å². The SMILES string of the molecule is CCOC(=O)c1nc(COC)nn1C. The minimum atomic E-state index is -0.468. The van der Waals surface area contributed by atoms with E-state index in [0.29, 0.717) is 12.4 Å². The summed E-state index contributed by atoms with van der Waals surface area (Å²) >= 11 is 0. The molecule has 0 amide bonds. The average Bonchev–Trinajstić information content (AvgIpc) is 2.48. The Bertz CT molecular complexity index is 322. The Balaban J connectivity index is 2.81. The van der Waals surface area contributed by atoms with Crippen molar-refractivity contribution < 1.29 is 14.3 Å². The van der Waals surface area contributed by atoms with Crippen LogP contribution in [0, 0.1) is 0 Å². The van der Waals surface area contributed by atoms with Crippen LogP contribution >= 0.6 is 0 Å². The molecule has 0 saturated heterocycles. The van der Waals surface area contributed by atoms with E-state index in [2.05, 4.69) is 10.1 Å². The first kappa shape index (κ1) is 10.6. The van der Waals surface area contributed by atoms with Gasteiger partial charge in [0.2, 0.25) is 5.82 Å². The highest BCUT2D eigenvalue weighted by molar-refractivity contribution is 5.85. The van der Waals surface area contributed by atoms with Gasteiger partial charge in [0.1, 0.15) is 6.61 Å². The summed E-state index contributed by atoms with van der Waals surface area (Å²) in [4.78, 5) is 15.3. The number of carbonyl (C=O) groups is 1. The van der Waals surface area contributed by atoms with Gasteiger partial charge in [0.15, 0.2) is 5.82 Å². The zero-order chi connectivity index (χ0) is 10.6. The van der Waals surface area contributed by atoms with E-state index in [1.165, 1.54) is 4.68 Å². The predicted molar refractivity (Wildman–Crippen MR) is 47.7 cm³/mol. The number of carbonyl (C=O) groups excluding carboxylic acids is 1. The van der Waals surface area contributed by atoms with Crippen LogP contribution in [0.4, 0.5) is 0 Å². The Hall–Kier alpha value is -1.43. The zero-order valence-electron chi connectivity index (χ0n) is 8.48. The highest BCUT2D eigenvalue weighted by Crippen LogP contribution is 2.00. The summed E-state index contributed by atoms with van der Waals surface area (Å²) in [6.45, 7) is 2.35. The number of hydrogen-bond acceptors (Lipinski definition) is 5. The maximum absolute atomic E-state index is 11.3. The smallest absolute Gasteiger partial charge is 0.376 e. The summed E-state index contributed by atoms with van der Waals surface area (Å²) in [6, 6.07) is 0. The molecule has 1 aromatic heterocycles. The Kier molecular flexibility index (Phi) is 3.58. The molecule has 1 rings (SSSR count). The second-order valence-corrected chi connectivity index (χ2v) is 2.63.